The normalized spacial score (nSPS) is 15.0. The number of sulfonamides is 1. The summed E-state index contributed by atoms with van der Waals surface area (Å²) in [4.78, 5) is 15.4. The topological polar surface area (TPSA) is 84.7 Å². The van der Waals surface area contributed by atoms with Crippen LogP contribution in [-0.2, 0) is 16.6 Å². The van der Waals surface area contributed by atoms with Crippen LogP contribution in [0.15, 0.2) is 60.8 Å². The Kier molecular flexibility index (Phi) is 7.04. The van der Waals surface area contributed by atoms with Gasteiger partial charge in [-0.3, -0.25) is 9.48 Å². The Hall–Kier alpha value is -3.17. The number of piperidine rings is 1. The molecule has 2 heterocycles. The fourth-order valence-electron chi connectivity index (χ4n) is 4.27. The molecule has 3 aromatic rings. The van der Waals surface area contributed by atoms with Crippen LogP contribution in [0.2, 0.25) is 0 Å². The largest absolute Gasteiger partial charge is 0.497 e. The molecule has 1 saturated heterocycles. The Morgan fingerprint density at radius 1 is 1.09 bits per heavy atom. The number of carbonyl (C=O) groups excluding carboxylic acids is 1. The molecule has 1 fully saturated rings. The lowest BCUT2D eigenvalue weighted by Crippen LogP contribution is -2.47. The molecule has 0 saturated carbocycles. The van der Waals surface area contributed by atoms with E-state index in [0.717, 1.165) is 16.9 Å². The van der Waals surface area contributed by atoms with Crippen LogP contribution in [-0.4, -0.2) is 72.9 Å². The van der Waals surface area contributed by atoms with Crippen LogP contribution < -0.4 is 4.74 Å². The number of amides is 1. The van der Waals surface area contributed by atoms with Crippen molar-refractivity contribution in [1.29, 1.82) is 0 Å². The van der Waals surface area contributed by atoms with Crippen molar-refractivity contribution in [3.8, 4) is 17.0 Å². The Balaban J connectivity index is 1.59. The van der Waals surface area contributed by atoms with Crippen LogP contribution >= 0.6 is 0 Å². The zero-order valence-corrected chi connectivity index (χ0v) is 20.5. The van der Waals surface area contributed by atoms with Crippen LogP contribution in [0.5, 0.6) is 5.75 Å². The molecule has 1 aromatic heterocycles. The van der Waals surface area contributed by atoms with E-state index >= 15 is 0 Å². The summed E-state index contributed by atoms with van der Waals surface area (Å²) in [6.45, 7) is 1.54. The molecule has 4 rings (SSSR count). The number of hydrogen-bond acceptors (Lipinski definition) is 5. The van der Waals surface area contributed by atoms with Gasteiger partial charge in [0, 0.05) is 37.9 Å². The van der Waals surface area contributed by atoms with Crippen LogP contribution in [0.4, 0.5) is 0 Å². The van der Waals surface area contributed by atoms with E-state index in [9.17, 15) is 13.2 Å². The second kappa shape index (κ2) is 9.99. The van der Waals surface area contributed by atoms with E-state index in [-0.39, 0.29) is 11.9 Å². The minimum atomic E-state index is -3.26. The minimum absolute atomic E-state index is 0.0920. The Bertz CT molecular complexity index is 1230. The first-order valence-corrected chi connectivity index (χ1v) is 13.1. The Labute approximate surface area is 200 Å². The highest BCUT2D eigenvalue weighted by Crippen LogP contribution is 2.27. The van der Waals surface area contributed by atoms with Crippen molar-refractivity contribution in [2.45, 2.75) is 25.4 Å². The van der Waals surface area contributed by atoms with E-state index in [2.05, 4.69) is 0 Å². The minimum Gasteiger partial charge on any atom is -0.497 e. The quantitative estimate of drug-likeness (QED) is 0.517. The van der Waals surface area contributed by atoms with Gasteiger partial charge in [-0.15, -0.1) is 0 Å². The van der Waals surface area contributed by atoms with E-state index in [1.807, 2.05) is 60.8 Å². The molecule has 1 amide bonds. The van der Waals surface area contributed by atoms with E-state index in [0.29, 0.717) is 43.7 Å². The molecule has 2 aromatic carbocycles. The maximum Gasteiger partial charge on any atom is 0.257 e. The smallest absolute Gasteiger partial charge is 0.257 e. The average Bonchev–Trinajstić information content (AvgIpc) is 3.27. The molecule has 0 unspecified atom stereocenters. The van der Waals surface area contributed by atoms with Gasteiger partial charge in [-0.25, -0.2) is 12.7 Å². The summed E-state index contributed by atoms with van der Waals surface area (Å²) >= 11 is 0. The Morgan fingerprint density at radius 3 is 2.32 bits per heavy atom. The summed E-state index contributed by atoms with van der Waals surface area (Å²) in [6.07, 6.45) is 4.23. The van der Waals surface area contributed by atoms with Crippen molar-refractivity contribution < 1.29 is 17.9 Å². The molecule has 1 aliphatic rings. The lowest BCUT2D eigenvalue weighted by atomic mass is 10.0. The molecule has 0 atom stereocenters. The molecule has 0 N–H and O–H groups in total. The second-order valence-corrected chi connectivity index (χ2v) is 10.6. The summed E-state index contributed by atoms with van der Waals surface area (Å²) in [7, 11) is -0.0425. The van der Waals surface area contributed by atoms with Crippen LogP contribution in [0, 0.1) is 0 Å². The van der Waals surface area contributed by atoms with Crippen molar-refractivity contribution in [2.75, 3.05) is 33.5 Å². The first kappa shape index (κ1) is 24.0. The highest BCUT2D eigenvalue weighted by atomic mass is 32.2. The van der Waals surface area contributed by atoms with Crippen molar-refractivity contribution >= 4 is 15.9 Å². The van der Waals surface area contributed by atoms with Crippen LogP contribution in [0.3, 0.4) is 0 Å². The standard InChI is InChI=1S/C25H30N4O4S/c1-27(34(3,31)32)21-13-15-28(16-14-21)25(30)23-18-29(17-19-7-5-4-6-8-19)26-24(23)20-9-11-22(33-2)12-10-20/h4-12,18,21H,13-17H2,1-3H3. The Morgan fingerprint density at radius 2 is 1.74 bits per heavy atom. The average molecular weight is 483 g/mol. The molecule has 8 nitrogen and oxygen atoms in total. The predicted octanol–water partition coefficient (Wildman–Crippen LogP) is 3.10. The van der Waals surface area contributed by atoms with Crippen molar-refractivity contribution in [3.05, 3.63) is 71.9 Å². The maximum atomic E-state index is 13.6. The van der Waals surface area contributed by atoms with Gasteiger partial charge < -0.3 is 9.64 Å². The number of methoxy groups -OCH3 is 1. The molecule has 1 aliphatic heterocycles. The number of aromatic nitrogens is 2. The summed E-state index contributed by atoms with van der Waals surface area (Å²) in [5.74, 6) is 0.642. The summed E-state index contributed by atoms with van der Waals surface area (Å²) in [6, 6.07) is 17.4. The molecular weight excluding hydrogens is 452 g/mol. The van der Waals surface area contributed by atoms with Crippen molar-refractivity contribution in [1.82, 2.24) is 19.0 Å². The SMILES string of the molecule is COc1ccc(-c2nn(Cc3ccccc3)cc2C(=O)N2CCC(N(C)S(C)(=O)=O)CC2)cc1. The zero-order valence-electron chi connectivity index (χ0n) is 19.7. The summed E-state index contributed by atoms with van der Waals surface area (Å²) < 4.78 is 32.3. The predicted molar refractivity (Wildman–Crippen MR) is 131 cm³/mol. The third kappa shape index (κ3) is 5.31. The zero-order chi connectivity index (χ0) is 24.3. The van der Waals surface area contributed by atoms with E-state index < -0.39 is 10.0 Å². The number of hydrogen-bond donors (Lipinski definition) is 0. The van der Waals surface area contributed by atoms with Gasteiger partial charge in [0.15, 0.2) is 0 Å². The van der Waals surface area contributed by atoms with E-state index in [1.54, 1.807) is 23.7 Å². The number of carbonyl (C=O) groups is 1. The fourth-order valence-corrected chi connectivity index (χ4v) is 5.02. The third-order valence-electron chi connectivity index (χ3n) is 6.33. The molecule has 9 heteroatoms. The number of nitrogens with zero attached hydrogens (tertiary/aromatic N) is 4. The van der Waals surface area contributed by atoms with Crippen LogP contribution in [0.25, 0.3) is 11.3 Å². The van der Waals surface area contributed by atoms with Gasteiger partial charge in [0.25, 0.3) is 5.91 Å². The number of benzene rings is 2. The van der Waals surface area contributed by atoms with Gasteiger partial charge >= 0.3 is 0 Å². The molecule has 0 bridgehead atoms. The molecule has 0 spiro atoms. The van der Waals surface area contributed by atoms with Crippen molar-refractivity contribution in [2.24, 2.45) is 0 Å². The maximum absolute atomic E-state index is 13.6. The van der Waals surface area contributed by atoms with Gasteiger partial charge in [-0.1, -0.05) is 30.3 Å². The molecule has 180 valence electrons. The van der Waals surface area contributed by atoms with Gasteiger partial charge in [-0.05, 0) is 42.7 Å². The molecule has 34 heavy (non-hydrogen) atoms. The first-order valence-electron chi connectivity index (χ1n) is 11.2. The monoisotopic (exact) mass is 482 g/mol. The first-order chi connectivity index (χ1) is 16.3. The van der Waals surface area contributed by atoms with Gasteiger partial charge in [0.2, 0.25) is 10.0 Å². The summed E-state index contributed by atoms with van der Waals surface area (Å²) in [5, 5.41) is 4.76. The second-order valence-electron chi connectivity index (χ2n) is 8.61. The van der Waals surface area contributed by atoms with E-state index in [4.69, 9.17) is 9.84 Å². The van der Waals surface area contributed by atoms with Crippen molar-refractivity contribution in [3.63, 3.8) is 0 Å². The van der Waals surface area contributed by atoms with Crippen LogP contribution in [0.1, 0.15) is 28.8 Å². The third-order valence-corrected chi connectivity index (χ3v) is 7.68. The van der Waals surface area contributed by atoms with Gasteiger partial charge in [0.1, 0.15) is 11.4 Å². The van der Waals surface area contributed by atoms with E-state index in [1.165, 1.54) is 10.6 Å². The fraction of sp³-hybridized carbons (Fsp3) is 0.360. The van der Waals surface area contributed by atoms with Gasteiger partial charge in [-0.2, -0.15) is 5.10 Å². The molecular formula is C25H30N4O4S. The number of rotatable bonds is 7. The number of ether oxygens (including phenoxy) is 1. The molecule has 0 radical (unpaired) electrons. The lowest BCUT2D eigenvalue weighted by molar-refractivity contribution is 0.0687. The summed E-state index contributed by atoms with van der Waals surface area (Å²) in [5.41, 5.74) is 3.09. The number of likely N-dealkylation sites (tertiary alicyclic amines) is 1. The molecule has 0 aliphatic carbocycles. The lowest BCUT2D eigenvalue weighted by Gasteiger charge is -2.35. The van der Waals surface area contributed by atoms with Gasteiger partial charge in [0.05, 0.1) is 25.5 Å². The highest BCUT2D eigenvalue weighted by Gasteiger charge is 2.31. The highest BCUT2D eigenvalue weighted by molar-refractivity contribution is 7.88.